The van der Waals surface area contributed by atoms with Crippen molar-refractivity contribution in [2.24, 2.45) is 22.7 Å². The average Bonchev–Trinajstić information content (AvgIpc) is 3.86. The molecule has 2 heterocycles. The van der Waals surface area contributed by atoms with Gasteiger partial charge in [0.05, 0.1) is 11.3 Å². The van der Waals surface area contributed by atoms with Gasteiger partial charge in [-0.15, -0.1) is 0 Å². The largest absolute Gasteiger partial charge is 0.470 e. The lowest BCUT2D eigenvalue weighted by atomic mass is 9.67. The summed E-state index contributed by atoms with van der Waals surface area (Å²) in [6.07, 6.45) is 40.4. The molecule has 58 heavy (non-hydrogen) atoms. The van der Waals surface area contributed by atoms with Gasteiger partial charge in [-0.1, -0.05) is 155 Å². The van der Waals surface area contributed by atoms with Crippen molar-refractivity contribution in [2.45, 2.75) is 94.7 Å². The van der Waals surface area contributed by atoms with Crippen LogP contribution < -0.4 is 5.32 Å². The maximum atomic E-state index is 6.64. The minimum Gasteiger partial charge on any atom is -0.470 e. The molecule has 3 heteroatoms. The number of ether oxygens (including phenoxy) is 1. The summed E-state index contributed by atoms with van der Waals surface area (Å²) in [6, 6.07) is 21.7. The van der Waals surface area contributed by atoms with Crippen molar-refractivity contribution in [3.63, 3.8) is 0 Å². The van der Waals surface area contributed by atoms with E-state index in [0.29, 0.717) is 11.8 Å². The minimum absolute atomic E-state index is 0.0249. The summed E-state index contributed by atoms with van der Waals surface area (Å²) in [7, 11) is 0. The van der Waals surface area contributed by atoms with Crippen LogP contribution >= 0.6 is 0 Å². The third kappa shape index (κ3) is 5.07. The first-order valence-corrected chi connectivity index (χ1v) is 22.1. The first-order valence-electron chi connectivity index (χ1n) is 22.1. The number of allylic oxidation sites excluding steroid dienone is 13. The Morgan fingerprint density at radius 1 is 0.707 bits per heavy atom. The Morgan fingerprint density at radius 2 is 1.55 bits per heavy atom. The van der Waals surface area contributed by atoms with E-state index < -0.39 is 0 Å². The van der Waals surface area contributed by atoms with Gasteiger partial charge in [0.25, 0.3) is 0 Å². The highest BCUT2D eigenvalue weighted by Gasteiger charge is 2.47. The normalized spacial score (nSPS) is 28.6. The quantitative estimate of drug-likeness (QED) is 0.288. The molecule has 1 saturated carbocycles. The zero-order valence-electron chi connectivity index (χ0n) is 33.8. The van der Waals surface area contributed by atoms with Gasteiger partial charge in [-0.3, -0.25) is 4.99 Å². The Kier molecular flexibility index (Phi) is 7.79. The van der Waals surface area contributed by atoms with Crippen molar-refractivity contribution in [1.29, 1.82) is 0 Å². The molecule has 2 aliphatic heterocycles. The molecule has 3 aromatic rings. The molecule has 3 aromatic carbocycles. The summed E-state index contributed by atoms with van der Waals surface area (Å²) in [4.78, 5) is 5.54. The number of aliphatic imine (C=N–C) groups is 1. The molecule has 0 saturated heterocycles. The summed E-state index contributed by atoms with van der Waals surface area (Å²) in [6.45, 7) is 4.86. The monoisotopic (exact) mass is 756 g/mol. The second kappa shape index (κ2) is 13.0. The van der Waals surface area contributed by atoms with E-state index >= 15 is 0 Å². The van der Waals surface area contributed by atoms with Gasteiger partial charge in [0.15, 0.2) is 5.88 Å². The number of hydrogen-bond donors (Lipinski definition) is 1. The molecule has 9 aliphatic rings. The third-order valence-electron chi connectivity index (χ3n) is 15.3. The SMILES string of the molecule is CC1(C)c2ccccc2-c2cc3c(cc21)-c1c(C2=CC(C4C=CC=C(C5N=C(C6C=CC=CC6)C6=C(N5)OC5CC=CC=C65)C4)CC=C2)cccc1C31CCCCC1. The predicted octanol–water partition coefficient (Wildman–Crippen LogP) is 12.7. The first-order chi connectivity index (χ1) is 28.5. The van der Waals surface area contributed by atoms with Crippen LogP contribution in [0.1, 0.15) is 99.5 Å². The molecule has 12 rings (SSSR count). The van der Waals surface area contributed by atoms with E-state index in [-0.39, 0.29) is 29.0 Å². The van der Waals surface area contributed by atoms with Gasteiger partial charge in [-0.2, -0.15) is 0 Å². The highest BCUT2D eigenvalue weighted by atomic mass is 16.5. The van der Waals surface area contributed by atoms with Gasteiger partial charge in [-0.05, 0) is 117 Å². The van der Waals surface area contributed by atoms with Crippen molar-refractivity contribution in [1.82, 2.24) is 5.32 Å². The van der Waals surface area contributed by atoms with Crippen LogP contribution in [0.25, 0.3) is 27.8 Å². The van der Waals surface area contributed by atoms with E-state index in [4.69, 9.17) is 9.73 Å². The van der Waals surface area contributed by atoms with Crippen LogP contribution in [0, 0.1) is 17.8 Å². The van der Waals surface area contributed by atoms with Crippen LogP contribution in [0.5, 0.6) is 0 Å². The summed E-state index contributed by atoms with van der Waals surface area (Å²) < 4.78 is 6.64. The summed E-state index contributed by atoms with van der Waals surface area (Å²) in [5.74, 6) is 1.97. The van der Waals surface area contributed by atoms with E-state index in [9.17, 15) is 0 Å². The Morgan fingerprint density at radius 3 is 2.45 bits per heavy atom. The maximum Gasteiger partial charge on any atom is 0.198 e. The Balaban J connectivity index is 0.888. The molecular weight excluding hydrogens is 705 g/mol. The molecule has 1 N–H and O–H groups in total. The molecule has 0 amide bonds. The number of rotatable bonds is 4. The molecule has 0 bridgehead atoms. The van der Waals surface area contributed by atoms with Crippen LogP contribution in [0.3, 0.4) is 0 Å². The number of fused-ring (bicyclic) bond motifs is 10. The average molecular weight is 757 g/mol. The minimum atomic E-state index is -0.130. The Bertz CT molecular complexity index is 2600. The number of hydrogen-bond acceptors (Lipinski definition) is 3. The molecule has 1 spiro atoms. The van der Waals surface area contributed by atoms with Crippen LogP contribution in [0.15, 0.2) is 161 Å². The highest BCUT2D eigenvalue weighted by molar-refractivity contribution is 6.08. The number of nitrogens with one attached hydrogen (secondary N) is 1. The zero-order valence-corrected chi connectivity index (χ0v) is 33.8. The molecule has 1 fully saturated rings. The van der Waals surface area contributed by atoms with Gasteiger partial charge < -0.3 is 10.1 Å². The van der Waals surface area contributed by atoms with Gasteiger partial charge in [-0.25, -0.2) is 0 Å². The summed E-state index contributed by atoms with van der Waals surface area (Å²) >= 11 is 0. The highest BCUT2D eigenvalue weighted by Crippen LogP contribution is 2.61. The lowest BCUT2D eigenvalue weighted by Crippen LogP contribution is -2.38. The predicted molar refractivity (Wildman–Crippen MR) is 238 cm³/mol. The van der Waals surface area contributed by atoms with E-state index in [2.05, 4.69) is 153 Å². The molecule has 5 atom stereocenters. The van der Waals surface area contributed by atoms with Gasteiger partial charge >= 0.3 is 0 Å². The Hall–Kier alpha value is -5.41. The van der Waals surface area contributed by atoms with Crippen molar-refractivity contribution < 1.29 is 4.74 Å². The summed E-state index contributed by atoms with van der Waals surface area (Å²) in [5.41, 5.74) is 19.8. The fraction of sp³-hybridized carbons (Fsp3) is 0.327. The van der Waals surface area contributed by atoms with Crippen molar-refractivity contribution in [2.75, 3.05) is 0 Å². The number of nitrogens with zero attached hydrogens (tertiary/aromatic N) is 1. The Labute approximate surface area is 343 Å². The van der Waals surface area contributed by atoms with Crippen molar-refractivity contribution in [3.05, 3.63) is 184 Å². The second-order valence-corrected chi connectivity index (χ2v) is 18.7. The smallest absolute Gasteiger partial charge is 0.198 e. The standard InChI is InChI=1S/C55H52N2O/c1-54(2)44-25-9-7-22-40(44)42-32-47-43(33-46(42)54)49-39(24-15-26-45(49)55(47)28-11-4-12-29-55)37-20-13-18-35(30-37)36-19-14-21-38(31-36)52-56-51(34-16-5-3-6-17-34)50-41-23-8-10-27-48(41)58-53(50)57-52/h3,5-10,13-16,19-26,30,32-36,48,52,57H,4,11-12,17-18,27-29,31H2,1-2H3. The second-order valence-electron chi connectivity index (χ2n) is 18.7. The fourth-order valence-electron chi connectivity index (χ4n) is 12.3. The van der Waals surface area contributed by atoms with E-state index in [1.54, 1.807) is 11.1 Å². The van der Waals surface area contributed by atoms with Crippen molar-refractivity contribution >= 4 is 11.3 Å². The first kappa shape index (κ1) is 34.6. The van der Waals surface area contributed by atoms with E-state index in [1.165, 1.54) is 99.1 Å². The van der Waals surface area contributed by atoms with Crippen LogP contribution in [-0.2, 0) is 15.6 Å². The molecule has 7 aliphatic carbocycles. The lowest BCUT2D eigenvalue weighted by Gasteiger charge is -2.36. The maximum absolute atomic E-state index is 6.64. The van der Waals surface area contributed by atoms with Crippen LogP contribution in [0.4, 0.5) is 0 Å². The van der Waals surface area contributed by atoms with Gasteiger partial charge in [0, 0.05) is 28.7 Å². The molecule has 0 aromatic heterocycles. The van der Waals surface area contributed by atoms with Gasteiger partial charge in [0.1, 0.15) is 12.3 Å². The van der Waals surface area contributed by atoms with Crippen LogP contribution in [0.2, 0.25) is 0 Å². The zero-order chi connectivity index (χ0) is 38.6. The lowest BCUT2D eigenvalue weighted by molar-refractivity contribution is 0.147. The fourth-order valence-corrected chi connectivity index (χ4v) is 12.3. The number of benzene rings is 3. The van der Waals surface area contributed by atoms with E-state index in [1.807, 2.05) is 0 Å². The molecule has 5 unspecified atom stereocenters. The molecule has 0 radical (unpaired) electrons. The topological polar surface area (TPSA) is 33.6 Å². The summed E-state index contributed by atoms with van der Waals surface area (Å²) in [5, 5.41) is 3.79. The van der Waals surface area contributed by atoms with Crippen molar-refractivity contribution in [3.8, 4) is 22.3 Å². The molecule has 288 valence electrons. The van der Waals surface area contributed by atoms with Crippen LogP contribution in [-0.4, -0.2) is 18.0 Å². The van der Waals surface area contributed by atoms with E-state index in [0.717, 1.165) is 31.6 Å². The van der Waals surface area contributed by atoms with Gasteiger partial charge in [0.2, 0.25) is 0 Å². The molecular formula is C55H52N2O. The molecule has 3 nitrogen and oxygen atoms in total. The third-order valence-corrected chi connectivity index (χ3v) is 15.3.